The van der Waals surface area contributed by atoms with Crippen molar-refractivity contribution >= 4 is 6.03 Å². The summed E-state index contributed by atoms with van der Waals surface area (Å²) in [5, 5.41) is 10.9. The van der Waals surface area contributed by atoms with Crippen molar-refractivity contribution in [2.45, 2.75) is 25.7 Å². The van der Waals surface area contributed by atoms with E-state index in [-0.39, 0.29) is 6.03 Å². The van der Waals surface area contributed by atoms with Gasteiger partial charge in [-0.05, 0) is 19.8 Å². The van der Waals surface area contributed by atoms with Crippen molar-refractivity contribution in [3.63, 3.8) is 0 Å². The van der Waals surface area contributed by atoms with E-state index in [4.69, 9.17) is 0 Å². The number of urea groups is 1. The molecule has 1 N–H and O–H groups in total. The summed E-state index contributed by atoms with van der Waals surface area (Å²) in [7, 11) is 1.96. The van der Waals surface area contributed by atoms with Crippen LogP contribution in [0, 0.1) is 0 Å². The van der Waals surface area contributed by atoms with Gasteiger partial charge in [-0.2, -0.15) is 0 Å². The molecule has 94 valence electrons. The number of hydrogen-bond donors (Lipinski definition) is 1. The first kappa shape index (κ1) is 11.9. The largest absolute Gasteiger partial charge is 0.338 e. The minimum atomic E-state index is 0.0453. The molecule has 0 atom stereocenters. The molecule has 0 aliphatic carbocycles. The highest BCUT2D eigenvalue weighted by Gasteiger charge is 2.25. The minimum absolute atomic E-state index is 0.0453. The van der Waals surface area contributed by atoms with Crippen LogP contribution in [0.15, 0.2) is 6.33 Å². The first-order chi connectivity index (χ1) is 8.22. The fourth-order valence-corrected chi connectivity index (χ4v) is 2.27. The Labute approximate surface area is 101 Å². The van der Waals surface area contributed by atoms with E-state index in [1.807, 2.05) is 23.4 Å². The van der Waals surface area contributed by atoms with Gasteiger partial charge in [-0.25, -0.2) is 4.79 Å². The molecular weight excluding hydrogens is 218 g/mol. The van der Waals surface area contributed by atoms with Gasteiger partial charge >= 0.3 is 6.03 Å². The van der Waals surface area contributed by atoms with Crippen molar-refractivity contribution in [2.24, 2.45) is 7.05 Å². The van der Waals surface area contributed by atoms with E-state index in [1.165, 1.54) is 0 Å². The van der Waals surface area contributed by atoms with Crippen LogP contribution in [0.25, 0.3) is 0 Å². The Morgan fingerprint density at radius 2 is 2.24 bits per heavy atom. The van der Waals surface area contributed by atoms with Gasteiger partial charge in [0, 0.05) is 32.6 Å². The van der Waals surface area contributed by atoms with Crippen molar-refractivity contribution in [1.82, 2.24) is 25.0 Å². The minimum Gasteiger partial charge on any atom is -0.338 e. The number of piperidine rings is 1. The van der Waals surface area contributed by atoms with Crippen LogP contribution in [-0.4, -0.2) is 45.3 Å². The third-order valence-corrected chi connectivity index (χ3v) is 3.22. The average molecular weight is 237 g/mol. The zero-order valence-electron chi connectivity index (χ0n) is 10.4. The van der Waals surface area contributed by atoms with Gasteiger partial charge in [-0.3, -0.25) is 0 Å². The molecule has 0 radical (unpaired) electrons. The Bertz CT molecular complexity index is 381. The lowest BCUT2D eigenvalue weighted by Gasteiger charge is -2.31. The Balaban J connectivity index is 1.90. The predicted molar refractivity (Wildman–Crippen MR) is 63.6 cm³/mol. The number of nitrogens with zero attached hydrogens (tertiary/aromatic N) is 4. The van der Waals surface area contributed by atoms with Crippen molar-refractivity contribution in [2.75, 3.05) is 19.6 Å². The number of carbonyl (C=O) groups is 1. The topological polar surface area (TPSA) is 63.1 Å². The number of rotatable bonds is 2. The van der Waals surface area contributed by atoms with E-state index in [2.05, 4.69) is 15.5 Å². The molecule has 2 amide bonds. The molecule has 1 aliphatic heterocycles. The van der Waals surface area contributed by atoms with Crippen molar-refractivity contribution in [1.29, 1.82) is 0 Å². The molecule has 6 nitrogen and oxygen atoms in total. The maximum Gasteiger partial charge on any atom is 0.317 e. The van der Waals surface area contributed by atoms with E-state index >= 15 is 0 Å². The maximum absolute atomic E-state index is 11.6. The van der Waals surface area contributed by atoms with Crippen LogP contribution in [0.2, 0.25) is 0 Å². The molecule has 1 saturated heterocycles. The van der Waals surface area contributed by atoms with Gasteiger partial charge in [-0.15, -0.1) is 10.2 Å². The highest BCUT2D eigenvalue weighted by Crippen LogP contribution is 2.25. The highest BCUT2D eigenvalue weighted by molar-refractivity contribution is 5.74. The molecule has 2 rings (SSSR count). The number of carbonyl (C=O) groups excluding carboxylic acids is 1. The smallest absolute Gasteiger partial charge is 0.317 e. The van der Waals surface area contributed by atoms with Crippen LogP contribution in [0.3, 0.4) is 0 Å². The second-order valence-corrected chi connectivity index (χ2v) is 4.40. The van der Waals surface area contributed by atoms with Crippen molar-refractivity contribution in [3.8, 4) is 0 Å². The summed E-state index contributed by atoms with van der Waals surface area (Å²) in [5.74, 6) is 1.45. The quantitative estimate of drug-likeness (QED) is 0.824. The van der Waals surface area contributed by atoms with Crippen LogP contribution in [0.5, 0.6) is 0 Å². The summed E-state index contributed by atoms with van der Waals surface area (Å²) in [6, 6.07) is 0.0453. The van der Waals surface area contributed by atoms with Gasteiger partial charge < -0.3 is 14.8 Å². The number of hydrogen-bond acceptors (Lipinski definition) is 3. The molecule has 2 heterocycles. The number of nitrogens with one attached hydrogen (secondary N) is 1. The summed E-state index contributed by atoms with van der Waals surface area (Å²) >= 11 is 0. The zero-order chi connectivity index (χ0) is 12.3. The zero-order valence-corrected chi connectivity index (χ0v) is 10.4. The first-order valence-corrected chi connectivity index (χ1v) is 6.09. The van der Waals surface area contributed by atoms with E-state index < -0.39 is 0 Å². The van der Waals surface area contributed by atoms with Crippen LogP contribution in [-0.2, 0) is 7.05 Å². The Morgan fingerprint density at radius 1 is 1.53 bits per heavy atom. The molecule has 0 aromatic carbocycles. The molecule has 1 aliphatic rings. The van der Waals surface area contributed by atoms with E-state index in [1.54, 1.807) is 6.33 Å². The van der Waals surface area contributed by atoms with Gasteiger partial charge in [0.25, 0.3) is 0 Å². The standard InChI is InChI=1S/C11H19N5O/c1-3-12-11(17)16-6-4-9(5-7-16)10-14-13-8-15(10)2/h8-9H,3-7H2,1-2H3,(H,12,17). The summed E-state index contributed by atoms with van der Waals surface area (Å²) in [6.45, 7) is 4.21. The molecule has 0 bridgehead atoms. The van der Waals surface area contributed by atoms with Crippen LogP contribution in [0.1, 0.15) is 31.5 Å². The van der Waals surface area contributed by atoms with Gasteiger partial charge in [0.05, 0.1) is 0 Å². The Morgan fingerprint density at radius 3 is 2.76 bits per heavy atom. The number of aryl methyl sites for hydroxylation is 1. The van der Waals surface area contributed by atoms with Crippen LogP contribution in [0.4, 0.5) is 4.79 Å². The lowest BCUT2D eigenvalue weighted by molar-refractivity contribution is 0.180. The Kier molecular flexibility index (Phi) is 3.61. The van der Waals surface area contributed by atoms with Crippen LogP contribution < -0.4 is 5.32 Å². The van der Waals surface area contributed by atoms with E-state index in [9.17, 15) is 4.79 Å². The molecule has 1 aromatic heterocycles. The number of amides is 2. The normalized spacial score (nSPS) is 17.2. The molecule has 0 saturated carbocycles. The third kappa shape index (κ3) is 2.57. The second kappa shape index (κ2) is 5.16. The molecule has 1 aromatic rings. The van der Waals surface area contributed by atoms with Crippen molar-refractivity contribution in [3.05, 3.63) is 12.2 Å². The molecular formula is C11H19N5O. The summed E-state index contributed by atoms with van der Waals surface area (Å²) in [5.41, 5.74) is 0. The maximum atomic E-state index is 11.6. The van der Waals surface area contributed by atoms with E-state index in [0.717, 1.165) is 31.8 Å². The first-order valence-electron chi connectivity index (χ1n) is 6.09. The summed E-state index contributed by atoms with van der Waals surface area (Å²) in [4.78, 5) is 13.5. The average Bonchev–Trinajstić information content (AvgIpc) is 2.76. The molecule has 6 heteroatoms. The van der Waals surface area contributed by atoms with Gasteiger partial charge in [0.15, 0.2) is 0 Å². The van der Waals surface area contributed by atoms with Gasteiger partial charge in [0.2, 0.25) is 0 Å². The number of likely N-dealkylation sites (tertiary alicyclic amines) is 1. The molecule has 1 fully saturated rings. The lowest BCUT2D eigenvalue weighted by atomic mass is 9.96. The fourth-order valence-electron chi connectivity index (χ4n) is 2.27. The number of aromatic nitrogens is 3. The lowest BCUT2D eigenvalue weighted by Crippen LogP contribution is -2.44. The van der Waals surface area contributed by atoms with Gasteiger partial charge in [0.1, 0.15) is 12.2 Å². The fraction of sp³-hybridized carbons (Fsp3) is 0.727. The molecule has 0 spiro atoms. The molecule has 0 unspecified atom stereocenters. The van der Waals surface area contributed by atoms with Gasteiger partial charge in [-0.1, -0.05) is 0 Å². The highest BCUT2D eigenvalue weighted by atomic mass is 16.2. The monoisotopic (exact) mass is 237 g/mol. The molecule has 17 heavy (non-hydrogen) atoms. The second-order valence-electron chi connectivity index (χ2n) is 4.40. The van der Waals surface area contributed by atoms with Crippen LogP contribution >= 0.6 is 0 Å². The SMILES string of the molecule is CCNC(=O)N1CCC(c2nncn2C)CC1. The Hall–Kier alpha value is -1.59. The van der Waals surface area contributed by atoms with E-state index in [0.29, 0.717) is 12.5 Å². The third-order valence-electron chi connectivity index (χ3n) is 3.22. The predicted octanol–water partition coefficient (Wildman–Crippen LogP) is 0.724. The summed E-state index contributed by atoms with van der Waals surface area (Å²) < 4.78 is 1.96. The van der Waals surface area contributed by atoms with Crippen molar-refractivity contribution < 1.29 is 4.79 Å². The summed E-state index contributed by atoms with van der Waals surface area (Å²) in [6.07, 6.45) is 3.65.